The predicted molar refractivity (Wildman–Crippen MR) is 241 cm³/mol. The molecular weight excluding hydrogens is 777 g/mol. The first kappa shape index (κ1) is 41.4. The van der Waals surface area contributed by atoms with E-state index in [9.17, 15) is 9.59 Å². The third-order valence-corrected chi connectivity index (χ3v) is 11.4. The van der Waals surface area contributed by atoms with E-state index in [2.05, 4.69) is 12.1 Å². The van der Waals surface area contributed by atoms with Crippen molar-refractivity contribution in [1.29, 1.82) is 0 Å². The Morgan fingerprint density at radius 2 is 0.903 bits per heavy atom. The zero-order valence-electron chi connectivity index (χ0n) is 35.3. The number of rotatable bonds is 12. The van der Waals surface area contributed by atoms with Crippen molar-refractivity contribution in [3.05, 3.63) is 180 Å². The Hall–Kier alpha value is -7.32. The largest absolute Gasteiger partial charge is 0.519 e. The molecule has 0 amide bonds. The molecule has 62 heavy (non-hydrogen) atoms. The Balaban J connectivity index is 0.858. The first-order valence-electron chi connectivity index (χ1n) is 20.9. The van der Waals surface area contributed by atoms with Crippen molar-refractivity contribution < 1.29 is 38.0 Å². The summed E-state index contributed by atoms with van der Waals surface area (Å²) in [6.45, 7) is 5.33. The van der Waals surface area contributed by atoms with Crippen molar-refractivity contribution in [1.82, 2.24) is 0 Å². The van der Waals surface area contributed by atoms with Crippen molar-refractivity contribution in [2.45, 2.75) is 58.3 Å². The molecule has 0 unspecified atom stereocenters. The Morgan fingerprint density at radius 1 is 0.452 bits per heavy atom. The van der Waals surface area contributed by atoms with Crippen LogP contribution in [0.5, 0.6) is 46.0 Å². The fourth-order valence-corrected chi connectivity index (χ4v) is 8.26. The summed E-state index contributed by atoms with van der Waals surface area (Å²) >= 11 is 0. The minimum absolute atomic E-state index is 0.173. The van der Waals surface area contributed by atoms with Crippen molar-refractivity contribution in [2.75, 3.05) is 7.11 Å². The molecule has 0 spiro atoms. The molecule has 1 fully saturated rings. The monoisotopic (exact) mass is 824 g/mol. The Kier molecular flexibility index (Phi) is 12.4. The van der Waals surface area contributed by atoms with E-state index >= 15 is 0 Å². The van der Waals surface area contributed by atoms with Gasteiger partial charge in [-0.2, -0.15) is 0 Å². The molecule has 0 atom stereocenters. The highest BCUT2D eigenvalue weighted by Gasteiger charge is 2.35. The molecule has 1 aliphatic rings. The highest BCUT2D eigenvalue weighted by Crippen LogP contribution is 2.46. The van der Waals surface area contributed by atoms with Crippen molar-refractivity contribution >= 4 is 12.1 Å². The summed E-state index contributed by atoms with van der Waals surface area (Å²) in [6, 6.07) is 50.7. The number of aryl methyl sites for hydroxylation is 2. The normalized spacial score (nSPS) is 13.1. The highest BCUT2D eigenvalue weighted by atomic mass is 16.7. The van der Waals surface area contributed by atoms with E-state index in [4.69, 9.17) is 28.4 Å². The molecular formula is C54H48O8. The van der Waals surface area contributed by atoms with Crippen LogP contribution in [-0.2, 0) is 10.2 Å². The second kappa shape index (κ2) is 18.5. The van der Waals surface area contributed by atoms with Gasteiger partial charge < -0.3 is 28.4 Å². The van der Waals surface area contributed by atoms with Crippen molar-refractivity contribution in [3.63, 3.8) is 0 Å². The number of hydrogen-bond acceptors (Lipinski definition) is 8. The van der Waals surface area contributed by atoms with Crippen LogP contribution >= 0.6 is 0 Å². The van der Waals surface area contributed by atoms with E-state index in [-0.39, 0.29) is 11.4 Å². The van der Waals surface area contributed by atoms with Gasteiger partial charge in [-0.25, -0.2) is 4.79 Å². The molecule has 0 aromatic heterocycles. The molecule has 312 valence electrons. The summed E-state index contributed by atoms with van der Waals surface area (Å²) < 4.78 is 34.3. The van der Waals surface area contributed by atoms with Gasteiger partial charge in [0.25, 0.3) is 0 Å². The number of ether oxygens (including phenoxy) is 6. The lowest BCUT2D eigenvalue weighted by atomic mass is 9.65. The third-order valence-electron chi connectivity index (χ3n) is 11.4. The minimum atomic E-state index is -0.810. The molecule has 8 nitrogen and oxygen atoms in total. The maximum atomic E-state index is 13.0. The molecule has 0 N–H and O–H groups in total. The number of benzene rings is 7. The van der Waals surface area contributed by atoms with Crippen LogP contribution in [0.2, 0.25) is 0 Å². The molecule has 0 aliphatic heterocycles. The fourth-order valence-electron chi connectivity index (χ4n) is 8.26. The molecule has 0 heterocycles. The van der Waals surface area contributed by atoms with Crippen LogP contribution in [0, 0.1) is 13.8 Å². The van der Waals surface area contributed by atoms with E-state index in [0.29, 0.717) is 34.5 Å². The molecule has 1 saturated carbocycles. The Bertz CT molecular complexity index is 2660. The summed E-state index contributed by atoms with van der Waals surface area (Å²) in [4.78, 5) is 24.4. The number of methoxy groups -OCH3 is 1. The van der Waals surface area contributed by atoms with Gasteiger partial charge in [-0.3, -0.25) is 4.79 Å². The van der Waals surface area contributed by atoms with Gasteiger partial charge in [-0.05, 0) is 156 Å². The third kappa shape index (κ3) is 9.66. The van der Waals surface area contributed by atoms with Gasteiger partial charge in [0, 0.05) is 18.4 Å². The highest BCUT2D eigenvalue weighted by molar-refractivity contribution is 5.71. The smallest absolute Gasteiger partial charge is 0.496 e. The van der Waals surface area contributed by atoms with Gasteiger partial charge in [-0.1, -0.05) is 86.0 Å². The average molecular weight is 825 g/mol. The lowest BCUT2D eigenvalue weighted by Crippen LogP contribution is -2.30. The van der Waals surface area contributed by atoms with E-state index in [0.717, 1.165) is 76.1 Å². The van der Waals surface area contributed by atoms with Crippen molar-refractivity contribution in [3.8, 4) is 68.2 Å². The van der Waals surface area contributed by atoms with Gasteiger partial charge in [-0.15, -0.1) is 0 Å². The summed E-state index contributed by atoms with van der Waals surface area (Å²) in [7, 11) is 1.68. The van der Waals surface area contributed by atoms with Crippen molar-refractivity contribution in [2.24, 2.45) is 0 Å². The van der Waals surface area contributed by atoms with E-state index in [1.807, 2.05) is 153 Å². The van der Waals surface area contributed by atoms with E-state index < -0.39 is 6.16 Å². The number of carbonyl (C=O) groups excluding carboxylic acids is 2. The van der Waals surface area contributed by atoms with E-state index in [1.165, 1.54) is 18.9 Å². The van der Waals surface area contributed by atoms with Crippen LogP contribution in [0.15, 0.2) is 158 Å². The molecule has 0 bridgehead atoms. The summed E-state index contributed by atoms with van der Waals surface area (Å²) in [5.41, 5.74) is 8.18. The van der Waals surface area contributed by atoms with Gasteiger partial charge in [0.05, 0.1) is 7.11 Å². The van der Waals surface area contributed by atoms with Gasteiger partial charge in [0.2, 0.25) is 0 Å². The van der Waals surface area contributed by atoms with Crippen LogP contribution in [0.4, 0.5) is 4.79 Å². The fraction of sp³-hybridized carbons (Fsp3) is 0.185. The average Bonchev–Trinajstić information content (AvgIpc) is 3.28. The van der Waals surface area contributed by atoms with Crippen LogP contribution < -0.4 is 28.4 Å². The molecule has 8 heteroatoms. The lowest BCUT2D eigenvalue weighted by Gasteiger charge is -2.38. The van der Waals surface area contributed by atoms with Crippen LogP contribution in [-0.4, -0.2) is 19.2 Å². The number of esters is 1. The number of hydrogen-bond donors (Lipinski definition) is 0. The first-order chi connectivity index (χ1) is 30.1. The zero-order valence-corrected chi connectivity index (χ0v) is 35.3. The second-order valence-electron chi connectivity index (χ2n) is 15.6. The first-order valence-corrected chi connectivity index (χ1v) is 20.9. The molecule has 7 aromatic carbocycles. The Morgan fingerprint density at radius 3 is 1.37 bits per heavy atom. The summed E-state index contributed by atoms with van der Waals surface area (Å²) in [6.07, 6.45) is 4.62. The van der Waals surface area contributed by atoms with E-state index in [1.54, 1.807) is 13.2 Å². The van der Waals surface area contributed by atoms with Crippen LogP contribution in [0.1, 0.15) is 61.3 Å². The van der Waals surface area contributed by atoms with Crippen LogP contribution in [0.25, 0.3) is 22.3 Å². The quantitative estimate of drug-likeness (QED) is 0.0684. The maximum absolute atomic E-state index is 13.0. The topological polar surface area (TPSA) is 89.5 Å². The Labute approximate surface area is 362 Å². The zero-order chi connectivity index (χ0) is 43.1. The molecule has 0 saturated heterocycles. The SMILES string of the molecule is COc1ccc(-c2ccc(Oc3cccc(Oc4ccc(-c5ccc(OC(=O)Oc6ccc(C7(c8ccc(OC(C)=O)cc8)CCCCC7)cc6)c(C)c5)cc4)c3)cc2)cc1C. The second-order valence-corrected chi connectivity index (χ2v) is 15.6. The molecule has 0 radical (unpaired) electrons. The molecule has 1 aliphatic carbocycles. The minimum Gasteiger partial charge on any atom is -0.496 e. The summed E-state index contributed by atoms with van der Waals surface area (Å²) in [5.74, 6) is 4.59. The molecule has 8 rings (SSSR count). The lowest BCUT2D eigenvalue weighted by molar-refractivity contribution is -0.131. The summed E-state index contributed by atoms with van der Waals surface area (Å²) in [5, 5.41) is 0. The standard InChI is InChI=1S/C54H48O8/c1-36-33-41(15-29-51(36)57-4)39-11-21-46(22-12-39)59-49-9-8-10-50(35-49)60-47-23-13-40(14-24-47)42-16-30-52(37(2)34-42)62-53(56)61-48-27-19-44(20-28-48)54(31-6-5-7-32-54)43-17-25-45(26-18-43)58-38(3)55/h8-30,33-35H,5-7,31-32H2,1-4H3. The maximum Gasteiger partial charge on any atom is 0.519 e. The predicted octanol–water partition coefficient (Wildman–Crippen LogP) is 14.0. The van der Waals surface area contributed by atoms with Gasteiger partial charge in [0.1, 0.15) is 46.0 Å². The van der Waals surface area contributed by atoms with Gasteiger partial charge >= 0.3 is 12.1 Å². The van der Waals surface area contributed by atoms with Crippen LogP contribution in [0.3, 0.4) is 0 Å². The van der Waals surface area contributed by atoms with Gasteiger partial charge in [0.15, 0.2) is 0 Å². The number of carbonyl (C=O) groups is 2. The molecule has 7 aromatic rings.